The van der Waals surface area contributed by atoms with Gasteiger partial charge in [-0.3, -0.25) is 0 Å². The van der Waals surface area contributed by atoms with E-state index < -0.39 is 8.24 Å². The molecular formula is C7H19NSi2. The third kappa shape index (κ3) is 3.34. The second-order valence-electron chi connectivity index (χ2n) is 3.50. The first kappa shape index (κ1) is 10.1. The molecule has 0 unspecified atom stereocenters. The van der Waals surface area contributed by atoms with Crippen molar-refractivity contribution in [1.29, 1.82) is 0 Å². The van der Waals surface area contributed by atoms with Crippen LogP contribution in [0.25, 0.3) is 0 Å². The normalized spacial score (nSPS) is 13.3. The van der Waals surface area contributed by atoms with E-state index in [1.165, 1.54) is 0 Å². The largest absolute Gasteiger partial charge is 0.347 e. The Labute approximate surface area is 68.1 Å². The Bertz CT molecular complexity index is 107. The molecule has 1 nitrogen and oxygen atoms in total. The van der Waals surface area contributed by atoms with Gasteiger partial charge >= 0.3 is 0 Å². The summed E-state index contributed by atoms with van der Waals surface area (Å²) < 4.78 is 2.65. The van der Waals surface area contributed by atoms with Crippen LogP contribution in [-0.4, -0.2) is 28.7 Å². The Morgan fingerprint density at radius 1 is 1.50 bits per heavy atom. The minimum Gasteiger partial charge on any atom is -0.347 e. The molecular weight excluding hydrogens is 154 g/mol. The van der Waals surface area contributed by atoms with Gasteiger partial charge in [-0.25, -0.2) is 0 Å². The molecule has 0 saturated carbocycles. The van der Waals surface area contributed by atoms with Crippen LogP contribution in [0.5, 0.6) is 0 Å². The summed E-state index contributed by atoms with van der Waals surface area (Å²) in [7, 11) is -0.947. The summed E-state index contributed by atoms with van der Waals surface area (Å²) in [5.74, 6) is 0. The summed E-state index contributed by atoms with van der Waals surface area (Å²) >= 11 is 0. The Kier molecular flexibility index (Phi) is 4.16. The molecule has 0 aromatic heterocycles. The van der Waals surface area contributed by atoms with Gasteiger partial charge in [-0.15, -0.1) is 6.58 Å². The molecule has 0 amide bonds. The molecule has 0 spiro atoms. The van der Waals surface area contributed by atoms with Crippen LogP contribution < -0.4 is 0 Å². The molecule has 0 fully saturated rings. The van der Waals surface area contributed by atoms with E-state index in [1.807, 2.05) is 6.08 Å². The van der Waals surface area contributed by atoms with Crippen LogP contribution in [0.15, 0.2) is 12.7 Å². The average Bonchev–Trinajstić information content (AvgIpc) is 1.80. The predicted molar refractivity (Wildman–Crippen MR) is 54.7 cm³/mol. The zero-order valence-corrected chi connectivity index (χ0v) is 10.1. The molecule has 3 heteroatoms. The molecule has 0 aromatic carbocycles. The predicted octanol–water partition coefficient (Wildman–Crippen LogP) is 1.44. The Morgan fingerprint density at radius 3 is 2.10 bits per heavy atom. The zero-order valence-electron chi connectivity index (χ0n) is 7.65. The molecule has 0 radical (unpaired) electrons. The Balaban J connectivity index is 3.92. The summed E-state index contributed by atoms with van der Waals surface area (Å²) in [5, 5.41) is 0. The van der Waals surface area contributed by atoms with Crippen molar-refractivity contribution in [2.24, 2.45) is 0 Å². The lowest BCUT2D eigenvalue weighted by Crippen LogP contribution is -2.47. The molecule has 0 aliphatic heterocycles. The molecule has 10 heavy (non-hydrogen) atoms. The maximum absolute atomic E-state index is 3.76. The van der Waals surface area contributed by atoms with Gasteiger partial charge in [0.1, 0.15) is 8.24 Å². The molecule has 0 N–H and O–H groups in total. The molecule has 0 bridgehead atoms. The first-order valence-corrected chi connectivity index (χ1v) is 9.37. The summed E-state index contributed by atoms with van der Waals surface area (Å²) in [4.78, 5) is 0. The van der Waals surface area contributed by atoms with Crippen molar-refractivity contribution in [3.8, 4) is 0 Å². The highest BCUT2D eigenvalue weighted by molar-refractivity contribution is 6.78. The fourth-order valence-corrected chi connectivity index (χ4v) is 5.95. The fraction of sp³-hybridized carbons (Fsp3) is 0.714. The Hall–Kier alpha value is 0.134. The molecule has 0 aliphatic rings. The second kappa shape index (κ2) is 4.10. The van der Waals surface area contributed by atoms with E-state index >= 15 is 0 Å². The van der Waals surface area contributed by atoms with Crippen molar-refractivity contribution < 1.29 is 0 Å². The molecule has 0 heterocycles. The number of hydrogen-bond acceptors (Lipinski definition) is 1. The number of rotatable bonds is 4. The van der Waals surface area contributed by atoms with Gasteiger partial charge in [-0.2, -0.15) is 0 Å². The van der Waals surface area contributed by atoms with E-state index in [9.17, 15) is 0 Å². The van der Waals surface area contributed by atoms with E-state index in [1.54, 1.807) is 0 Å². The SMILES string of the molecule is C=CCN([SiH2]C)[Si](C)(C)C. The lowest BCUT2D eigenvalue weighted by Gasteiger charge is -2.31. The topological polar surface area (TPSA) is 3.24 Å². The van der Waals surface area contributed by atoms with Gasteiger partial charge in [-0.05, 0) is 0 Å². The van der Waals surface area contributed by atoms with E-state index in [0.717, 1.165) is 6.54 Å². The molecule has 60 valence electrons. The van der Waals surface area contributed by atoms with Crippen LogP contribution in [0.4, 0.5) is 0 Å². The molecule has 0 atom stereocenters. The van der Waals surface area contributed by atoms with Crippen molar-refractivity contribution in [2.45, 2.75) is 26.2 Å². The molecule has 0 rings (SSSR count). The molecule has 0 aliphatic carbocycles. The highest BCUT2D eigenvalue weighted by atomic mass is 28.4. The Morgan fingerprint density at radius 2 is 2.00 bits per heavy atom. The van der Waals surface area contributed by atoms with Crippen molar-refractivity contribution in [3.63, 3.8) is 0 Å². The van der Waals surface area contributed by atoms with E-state index in [0.29, 0.717) is 0 Å². The average molecular weight is 173 g/mol. The maximum atomic E-state index is 3.76. The van der Waals surface area contributed by atoms with E-state index in [4.69, 9.17) is 0 Å². The van der Waals surface area contributed by atoms with Gasteiger partial charge in [0.2, 0.25) is 0 Å². The van der Waals surface area contributed by atoms with Crippen molar-refractivity contribution in [2.75, 3.05) is 6.54 Å². The molecule has 0 aromatic rings. The van der Waals surface area contributed by atoms with Gasteiger partial charge in [0.05, 0.1) is 9.68 Å². The third-order valence-electron chi connectivity index (χ3n) is 1.68. The minimum absolute atomic E-state index is 0.0366. The monoisotopic (exact) mass is 173 g/mol. The lowest BCUT2D eigenvalue weighted by molar-refractivity contribution is 0.726. The number of nitrogens with zero attached hydrogens (tertiary/aromatic N) is 1. The summed E-state index contributed by atoms with van der Waals surface area (Å²) in [5.41, 5.74) is 0. The van der Waals surface area contributed by atoms with E-state index in [2.05, 4.69) is 37.0 Å². The van der Waals surface area contributed by atoms with Gasteiger partial charge in [-0.1, -0.05) is 32.3 Å². The van der Waals surface area contributed by atoms with Crippen molar-refractivity contribution in [1.82, 2.24) is 4.23 Å². The van der Waals surface area contributed by atoms with Gasteiger partial charge in [0.25, 0.3) is 0 Å². The van der Waals surface area contributed by atoms with E-state index in [-0.39, 0.29) is 9.68 Å². The summed E-state index contributed by atoms with van der Waals surface area (Å²) in [6.45, 7) is 14.4. The summed E-state index contributed by atoms with van der Waals surface area (Å²) in [6.07, 6.45) is 2.02. The van der Waals surface area contributed by atoms with Gasteiger partial charge in [0, 0.05) is 6.54 Å². The zero-order chi connectivity index (χ0) is 8.20. The van der Waals surface area contributed by atoms with Gasteiger partial charge < -0.3 is 4.23 Å². The van der Waals surface area contributed by atoms with Crippen LogP contribution >= 0.6 is 0 Å². The quantitative estimate of drug-likeness (QED) is 0.459. The first-order valence-electron chi connectivity index (χ1n) is 3.88. The maximum Gasteiger partial charge on any atom is 0.112 e. The van der Waals surface area contributed by atoms with Crippen LogP contribution in [0.3, 0.4) is 0 Å². The van der Waals surface area contributed by atoms with Crippen LogP contribution in [0, 0.1) is 0 Å². The summed E-state index contributed by atoms with van der Waals surface area (Å²) in [6, 6.07) is 0. The standard InChI is InChI=1S/C7H19NSi2/c1-6-7-8(9-2)10(3,4)5/h6H,1,7,9H2,2-5H3. The highest BCUT2D eigenvalue weighted by Crippen LogP contribution is 2.06. The van der Waals surface area contributed by atoms with Crippen LogP contribution in [0.1, 0.15) is 0 Å². The first-order chi connectivity index (χ1) is 4.52. The van der Waals surface area contributed by atoms with Crippen molar-refractivity contribution in [3.05, 3.63) is 12.7 Å². The van der Waals surface area contributed by atoms with Crippen LogP contribution in [0.2, 0.25) is 26.2 Å². The minimum atomic E-state index is -0.984. The van der Waals surface area contributed by atoms with Crippen molar-refractivity contribution >= 4 is 17.9 Å². The number of hydrogen-bond donors (Lipinski definition) is 0. The van der Waals surface area contributed by atoms with Crippen LogP contribution in [-0.2, 0) is 0 Å². The second-order valence-corrected chi connectivity index (χ2v) is 10.5. The smallest absolute Gasteiger partial charge is 0.112 e. The lowest BCUT2D eigenvalue weighted by atomic mass is 10.7. The third-order valence-corrected chi connectivity index (χ3v) is 8.58. The molecule has 0 saturated heterocycles. The highest BCUT2D eigenvalue weighted by Gasteiger charge is 2.19. The van der Waals surface area contributed by atoms with Gasteiger partial charge in [0.15, 0.2) is 0 Å². The fourth-order valence-electron chi connectivity index (χ4n) is 1.03.